The van der Waals surface area contributed by atoms with Crippen molar-refractivity contribution in [2.24, 2.45) is 5.73 Å². The molecule has 1 saturated heterocycles. The molecular formula is C19H21IN4O2. The molecular weight excluding hydrogens is 443 g/mol. The topological polar surface area (TPSA) is 79.5 Å². The molecule has 0 spiro atoms. The predicted molar refractivity (Wildman–Crippen MR) is 110 cm³/mol. The average Bonchev–Trinajstić information content (AvgIpc) is 2.63. The third kappa shape index (κ3) is 4.32. The summed E-state index contributed by atoms with van der Waals surface area (Å²) in [5.41, 5.74) is 9.10. The summed E-state index contributed by atoms with van der Waals surface area (Å²) in [4.78, 5) is 31.3. The molecule has 1 aromatic heterocycles. The number of primary amides is 1. The van der Waals surface area contributed by atoms with Crippen LogP contribution in [0.2, 0.25) is 0 Å². The number of hydrogen-bond acceptors (Lipinski definition) is 4. The summed E-state index contributed by atoms with van der Waals surface area (Å²) in [5, 5.41) is 0. The van der Waals surface area contributed by atoms with E-state index in [1.54, 1.807) is 6.92 Å². The number of pyridine rings is 1. The van der Waals surface area contributed by atoms with E-state index in [2.05, 4.69) is 38.5 Å². The number of nitrogens with zero attached hydrogens (tertiary/aromatic N) is 3. The molecule has 3 rings (SSSR count). The quantitative estimate of drug-likeness (QED) is 0.703. The van der Waals surface area contributed by atoms with E-state index in [4.69, 9.17) is 5.73 Å². The minimum atomic E-state index is -0.342. The lowest BCUT2D eigenvalue weighted by molar-refractivity contribution is -0.129. The minimum Gasteiger partial charge on any atom is -0.369 e. The van der Waals surface area contributed by atoms with Crippen LogP contribution in [0, 0.1) is 3.57 Å². The maximum atomic E-state index is 11.4. The van der Waals surface area contributed by atoms with Gasteiger partial charge in [0.1, 0.15) is 0 Å². The number of amides is 2. The Labute approximate surface area is 166 Å². The fourth-order valence-electron chi connectivity index (χ4n) is 3.09. The van der Waals surface area contributed by atoms with Gasteiger partial charge in [-0.05, 0) is 52.4 Å². The molecule has 6 nitrogen and oxygen atoms in total. The molecule has 2 amide bonds. The standard InChI is InChI=1S/C19H21IN4O2/c1-13(25)23-6-8-24(9-7-23)15-3-5-18(22-12-15)16-10-14(11-19(21)26)2-4-17(16)20/h2-5,10,12H,6-9,11H2,1H3,(H2,21,26). The molecule has 1 aliphatic rings. The van der Waals surface area contributed by atoms with Crippen molar-refractivity contribution in [3.05, 3.63) is 45.7 Å². The highest BCUT2D eigenvalue weighted by molar-refractivity contribution is 14.1. The number of piperazine rings is 1. The van der Waals surface area contributed by atoms with Gasteiger partial charge in [0.05, 0.1) is 24.0 Å². The number of halogens is 1. The maximum Gasteiger partial charge on any atom is 0.221 e. The highest BCUT2D eigenvalue weighted by atomic mass is 127. The molecule has 26 heavy (non-hydrogen) atoms. The van der Waals surface area contributed by atoms with Crippen molar-refractivity contribution >= 4 is 40.1 Å². The van der Waals surface area contributed by atoms with Crippen LogP contribution < -0.4 is 10.6 Å². The van der Waals surface area contributed by atoms with Gasteiger partial charge in [0.15, 0.2) is 0 Å². The molecule has 0 aliphatic carbocycles. The number of benzene rings is 1. The first-order valence-electron chi connectivity index (χ1n) is 8.47. The van der Waals surface area contributed by atoms with Crippen molar-refractivity contribution in [2.45, 2.75) is 13.3 Å². The van der Waals surface area contributed by atoms with Crippen molar-refractivity contribution in [3.63, 3.8) is 0 Å². The molecule has 1 fully saturated rings. The number of carbonyl (C=O) groups excluding carboxylic acids is 2. The molecule has 7 heteroatoms. The second kappa shape index (κ2) is 8.03. The van der Waals surface area contributed by atoms with Gasteiger partial charge in [0, 0.05) is 42.2 Å². The van der Waals surface area contributed by atoms with E-state index in [0.717, 1.165) is 52.3 Å². The summed E-state index contributed by atoms with van der Waals surface area (Å²) in [5.74, 6) is -0.214. The lowest BCUT2D eigenvalue weighted by Crippen LogP contribution is -2.48. The minimum absolute atomic E-state index is 0.128. The van der Waals surface area contributed by atoms with Crippen LogP contribution >= 0.6 is 22.6 Å². The lowest BCUT2D eigenvalue weighted by atomic mass is 10.1. The smallest absolute Gasteiger partial charge is 0.221 e. The average molecular weight is 464 g/mol. The van der Waals surface area contributed by atoms with Crippen molar-refractivity contribution in [2.75, 3.05) is 31.1 Å². The first-order valence-corrected chi connectivity index (χ1v) is 9.55. The Balaban J connectivity index is 1.76. The maximum absolute atomic E-state index is 11.4. The number of carbonyl (C=O) groups is 2. The van der Waals surface area contributed by atoms with Crippen molar-refractivity contribution in [3.8, 4) is 11.3 Å². The molecule has 2 N–H and O–H groups in total. The normalized spacial score (nSPS) is 14.4. The highest BCUT2D eigenvalue weighted by Gasteiger charge is 2.19. The summed E-state index contributed by atoms with van der Waals surface area (Å²) < 4.78 is 1.08. The SMILES string of the molecule is CC(=O)N1CCN(c2ccc(-c3cc(CC(N)=O)ccc3I)nc2)CC1. The Morgan fingerprint density at radius 3 is 2.46 bits per heavy atom. The van der Waals surface area contributed by atoms with E-state index in [1.165, 1.54) is 0 Å². The molecule has 0 unspecified atom stereocenters. The van der Waals surface area contributed by atoms with E-state index in [-0.39, 0.29) is 18.2 Å². The van der Waals surface area contributed by atoms with E-state index < -0.39 is 0 Å². The fourth-order valence-corrected chi connectivity index (χ4v) is 3.70. The van der Waals surface area contributed by atoms with E-state index in [9.17, 15) is 9.59 Å². The number of aromatic nitrogens is 1. The Bertz CT molecular complexity index is 815. The molecule has 136 valence electrons. The van der Waals surface area contributed by atoms with E-state index >= 15 is 0 Å². The molecule has 1 aromatic carbocycles. The van der Waals surface area contributed by atoms with Crippen LogP contribution in [-0.4, -0.2) is 47.9 Å². The zero-order chi connectivity index (χ0) is 18.7. The molecule has 0 bridgehead atoms. The first-order chi connectivity index (χ1) is 12.4. The number of anilines is 1. The molecule has 1 aliphatic heterocycles. The van der Waals surface area contributed by atoms with Gasteiger partial charge in [-0.2, -0.15) is 0 Å². The van der Waals surface area contributed by atoms with Gasteiger partial charge in [-0.25, -0.2) is 0 Å². The van der Waals surface area contributed by atoms with Gasteiger partial charge < -0.3 is 15.5 Å². The zero-order valence-electron chi connectivity index (χ0n) is 14.6. The zero-order valence-corrected chi connectivity index (χ0v) is 16.8. The van der Waals surface area contributed by atoms with Gasteiger partial charge in [-0.15, -0.1) is 0 Å². The van der Waals surface area contributed by atoms with Gasteiger partial charge in [0.25, 0.3) is 0 Å². The third-order valence-corrected chi connectivity index (χ3v) is 5.46. The van der Waals surface area contributed by atoms with Gasteiger partial charge >= 0.3 is 0 Å². The Morgan fingerprint density at radius 1 is 1.15 bits per heavy atom. The van der Waals surface area contributed by atoms with Gasteiger partial charge in [-0.3, -0.25) is 14.6 Å². The predicted octanol–water partition coefficient (Wildman–Crippen LogP) is 2.05. The summed E-state index contributed by atoms with van der Waals surface area (Å²) in [6.45, 7) is 4.72. The fraction of sp³-hybridized carbons (Fsp3) is 0.316. The molecule has 2 aromatic rings. The monoisotopic (exact) mass is 464 g/mol. The molecule has 2 heterocycles. The summed E-state index contributed by atoms with van der Waals surface area (Å²) in [7, 11) is 0. The van der Waals surface area contributed by atoms with E-state index in [1.807, 2.05) is 35.4 Å². The van der Waals surface area contributed by atoms with Crippen molar-refractivity contribution < 1.29 is 9.59 Å². The van der Waals surface area contributed by atoms with E-state index in [0.29, 0.717) is 0 Å². The first kappa shape index (κ1) is 18.6. The number of nitrogens with two attached hydrogens (primary N) is 1. The molecule has 0 atom stereocenters. The third-order valence-electron chi connectivity index (χ3n) is 4.52. The molecule has 0 saturated carbocycles. The number of hydrogen-bond donors (Lipinski definition) is 1. The highest BCUT2D eigenvalue weighted by Crippen LogP contribution is 2.27. The van der Waals surface area contributed by atoms with Gasteiger partial charge in [0.2, 0.25) is 11.8 Å². The largest absolute Gasteiger partial charge is 0.369 e. The van der Waals surface area contributed by atoms with Crippen LogP contribution in [-0.2, 0) is 16.0 Å². The summed E-state index contributed by atoms with van der Waals surface area (Å²) in [6, 6.07) is 9.92. The number of rotatable bonds is 4. The Hall–Kier alpha value is -2.16. The summed E-state index contributed by atoms with van der Waals surface area (Å²) in [6.07, 6.45) is 2.10. The van der Waals surface area contributed by atoms with Crippen LogP contribution in [0.4, 0.5) is 5.69 Å². The second-order valence-electron chi connectivity index (χ2n) is 6.35. The van der Waals surface area contributed by atoms with Crippen molar-refractivity contribution in [1.29, 1.82) is 0 Å². The Morgan fingerprint density at radius 2 is 1.88 bits per heavy atom. The molecule has 0 radical (unpaired) electrons. The van der Waals surface area contributed by atoms with Crippen LogP contribution in [0.5, 0.6) is 0 Å². The second-order valence-corrected chi connectivity index (χ2v) is 7.51. The van der Waals surface area contributed by atoms with Crippen LogP contribution in [0.15, 0.2) is 36.5 Å². The van der Waals surface area contributed by atoms with Crippen LogP contribution in [0.25, 0.3) is 11.3 Å². The van der Waals surface area contributed by atoms with Crippen LogP contribution in [0.3, 0.4) is 0 Å². The summed E-state index contributed by atoms with van der Waals surface area (Å²) >= 11 is 2.27. The van der Waals surface area contributed by atoms with Gasteiger partial charge in [-0.1, -0.05) is 6.07 Å². The van der Waals surface area contributed by atoms with Crippen molar-refractivity contribution in [1.82, 2.24) is 9.88 Å². The Kier molecular flexibility index (Phi) is 5.75. The van der Waals surface area contributed by atoms with Crippen LogP contribution in [0.1, 0.15) is 12.5 Å². The lowest BCUT2D eigenvalue weighted by Gasteiger charge is -2.35.